The van der Waals surface area contributed by atoms with E-state index in [0.717, 1.165) is 11.3 Å². The van der Waals surface area contributed by atoms with Crippen LogP contribution < -0.4 is 5.73 Å². The second kappa shape index (κ2) is 9.73. The maximum Gasteiger partial charge on any atom is 0.248 e. The molecule has 1 aromatic carbocycles. The van der Waals surface area contributed by atoms with Gasteiger partial charge in [-0.2, -0.15) is 0 Å². The molecular weight excluding hydrogens is 248 g/mol. The van der Waals surface area contributed by atoms with Crippen LogP contribution in [0.4, 0.5) is 0 Å². The fourth-order valence-electron chi connectivity index (χ4n) is 1.34. The minimum Gasteiger partial charge on any atom is -0.366 e. The van der Waals surface area contributed by atoms with Gasteiger partial charge in [-0.3, -0.25) is 9.78 Å². The van der Waals surface area contributed by atoms with Crippen molar-refractivity contribution in [3.63, 3.8) is 0 Å². The summed E-state index contributed by atoms with van der Waals surface area (Å²) in [6, 6.07) is 11.3. The topological polar surface area (TPSA) is 56.0 Å². The zero-order valence-electron chi connectivity index (χ0n) is 13.0. The van der Waals surface area contributed by atoms with E-state index in [2.05, 4.69) is 11.1 Å². The summed E-state index contributed by atoms with van der Waals surface area (Å²) in [6.45, 7) is 9.94. The maximum atomic E-state index is 10.6. The normalized spacial score (nSPS) is 8.65. The summed E-state index contributed by atoms with van der Waals surface area (Å²) in [5, 5.41) is 0. The Labute approximate surface area is 121 Å². The number of nitrogens with zero attached hydrogens (tertiary/aromatic N) is 1. The summed E-state index contributed by atoms with van der Waals surface area (Å²) in [4.78, 5) is 14.7. The molecule has 3 nitrogen and oxygen atoms in total. The van der Waals surface area contributed by atoms with Gasteiger partial charge in [0.25, 0.3) is 0 Å². The van der Waals surface area contributed by atoms with E-state index in [9.17, 15) is 4.79 Å². The summed E-state index contributed by atoms with van der Waals surface area (Å²) >= 11 is 0. The SMILES string of the molecule is CC.Cc1ccc(C)nc1.Cc1cccc(C(N)=O)c1. The number of pyridine rings is 1. The standard InChI is InChI=1S/C8H9NO.C7H9N.C2H6/c1-6-3-2-4-7(5-6)8(9)10;1-6-3-4-7(2)8-5-6;1-2/h2-5H,1H3,(H2,9,10);3-5H,1-2H3;1-2H3. The molecule has 108 valence electrons. The van der Waals surface area contributed by atoms with Crippen LogP contribution in [0.5, 0.6) is 0 Å². The molecule has 0 saturated heterocycles. The zero-order chi connectivity index (χ0) is 15.5. The highest BCUT2D eigenvalue weighted by atomic mass is 16.1. The van der Waals surface area contributed by atoms with Crippen molar-refractivity contribution in [3.8, 4) is 0 Å². The molecule has 0 spiro atoms. The van der Waals surface area contributed by atoms with E-state index in [4.69, 9.17) is 5.73 Å². The first kappa shape index (κ1) is 17.8. The first-order chi connectivity index (χ1) is 9.49. The van der Waals surface area contributed by atoms with E-state index in [1.54, 1.807) is 12.1 Å². The summed E-state index contributed by atoms with van der Waals surface area (Å²) < 4.78 is 0. The summed E-state index contributed by atoms with van der Waals surface area (Å²) in [7, 11) is 0. The molecule has 0 fully saturated rings. The molecule has 1 heterocycles. The number of carbonyl (C=O) groups is 1. The number of amides is 1. The van der Waals surface area contributed by atoms with Crippen molar-refractivity contribution in [2.45, 2.75) is 34.6 Å². The number of hydrogen-bond acceptors (Lipinski definition) is 2. The lowest BCUT2D eigenvalue weighted by Crippen LogP contribution is -2.10. The predicted molar refractivity (Wildman–Crippen MR) is 84.8 cm³/mol. The van der Waals surface area contributed by atoms with Crippen molar-refractivity contribution in [1.82, 2.24) is 4.98 Å². The molecule has 1 amide bonds. The van der Waals surface area contributed by atoms with E-state index in [1.165, 1.54) is 5.56 Å². The summed E-state index contributed by atoms with van der Waals surface area (Å²) in [5.74, 6) is -0.372. The van der Waals surface area contributed by atoms with E-state index in [1.807, 2.05) is 59.0 Å². The second-order valence-electron chi connectivity index (χ2n) is 4.21. The van der Waals surface area contributed by atoms with Gasteiger partial charge < -0.3 is 5.73 Å². The van der Waals surface area contributed by atoms with Gasteiger partial charge in [0.15, 0.2) is 0 Å². The van der Waals surface area contributed by atoms with Gasteiger partial charge in [0.05, 0.1) is 0 Å². The molecule has 0 aliphatic rings. The van der Waals surface area contributed by atoms with Crippen LogP contribution in [0.3, 0.4) is 0 Å². The number of rotatable bonds is 1. The Hall–Kier alpha value is -2.16. The van der Waals surface area contributed by atoms with Crippen LogP contribution in [0, 0.1) is 20.8 Å². The first-order valence-corrected chi connectivity index (χ1v) is 6.75. The van der Waals surface area contributed by atoms with E-state index < -0.39 is 0 Å². The van der Waals surface area contributed by atoms with E-state index in [0.29, 0.717) is 5.56 Å². The Bertz CT molecular complexity index is 498. The highest BCUT2D eigenvalue weighted by Gasteiger charge is 1.96. The Morgan fingerprint density at radius 1 is 1.00 bits per heavy atom. The van der Waals surface area contributed by atoms with Crippen molar-refractivity contribution < 1.29 is 4.79 Å². The molecule has 20 heavy (non-hydrogen) atoms. The Morgan fingerprint density at radius 3 is 2.00 bits per heavy atom. The summed E-state index contributed by atoms with van der Waals surface area (Å²) in [5.41, 5.74) is 8.96. The Balaban J connectivity index is 0.000000327. The average Bonchev–Trinajstić information content (AvgIpc) is 2.45. The van der Waals surface area contributed by atoms with Gasteiger partial charge >= 0.3 is 0 Å². The van der Waals surface area contributed by atoms with Gasteiger partial charge in [0.1, 0.15) is 0 Å². The number of aromatic nitrogens is 1. The van der Waals surface area contributed by atoms with E-state index in [-0.39, 0.29) is 5.91 Å². The van der Waals surface area contributed by atoms with Crippen LogP contribution in [0.15, 0.2) is 42.6 Å². The lowest BCUT2D eigenvalue weighted by atomic mass is 10.1. The van der Waals surface area contributed by atoms with Crippen LogP contribution in [0.2, 0.25) is 0 Å². The van der Waals surface area contributed by atoms with Crippen LogP contribution in [-0.4, -0.2) is 10.9 Å². The van der Waals surface area contributed by atoms with Crippen LogP contribution >= 0.6 is 0 Å². The molecule has 0 bridgehead atoms. The lowest BCUT2D eigenvalue weighted by Gasteiger charge is -1.94. The quantitative estimate of drug-likeness (QED) is 0.858. The van der Waals surface area contributed by atoms with Crippen molar-refractivity contribution >= 4 is 5.91 Å². The largest absolute Gasteiger partial charge is 0.366 e. The summed E-state index contributed by atoms with van der Waals surface area (Å²) in [6.07, 6.45) is 1.87. The second-order valence-corrected chi connectivity index (χ2v) is 4.21. The first-order valence-electron chi connectivity index (χ1n) is 6.75. The zero-order valence-corrected chi connectivity index (χ0v) is 13.0. The van der Waals surface area contributed by atoms with Crippen LogP contribution in [0.1, 0.15) is 41.0 Å². The highest BCUT2D eigenvalue weighted by Crippen LogP contribution is 2.01. The van der Waals surface area contributed by atoms with Gasteiger partial charge in [-0.1, -0.05) is 37.6 Å². The van der Waals surface area contributed by atoms with Crippen molar-refractivity contribution in [1.29, 1.82) is 0 Å². The van der Waals surface area contributed by atoms with Gasteiger partial charge in [0.2, 0.25) is 5.91 Å². The molecule has 2 aromatic rings. The molecule has 0 aliphatic carbocycles. The molecule has 2 rings (SSSR count). The smallest absolute Gasteiger partial charge is 0.248 e. The van der Waals surface area contributed by atoms with Crippen molar-refractivity contribution in [2.24, 2.45) is 5.73 Å². The molecule has 0 unspecified atom stereocenters. The number of primary amides is 1. The van der Waals surface area contributed by atoms with E-state index >= 15 is 0 Å². The third kappa shape index (κ3) is 7.31. The highest BCUT2D eigenvalue weighted by molar-refractivity contribution is 5.92. The molecule has 0 atom stereocenters. The fourth-order valence-corrected chi connectivity index (χ4v) is 1.34. The molecule has 0 saturated carbocycles. The Kier molecular flexibility index (Phi) is 8.68. The third-order valence-corrected chi connectivity index (χ3v) is 2.36. The molecule has 0 radical (unpaired) electrons. The van der Waals surface area contributed by atoms with Gasteiger partial charge in [-0.25, -0.2) is 0 Å². The van der Waals surface area contributed by atoms with Crippen molar-refractivity contribution in [2.75, 3.05) is 0 Å². The maximum absolute atomic E-state index is 10.6. The minimum atomic E-state index is -0.372. The molecule has 2 N–H and O–H groups in total. The average molecular weight is 272 g/mol. The van der Waals surface area contributed by atoms with Gasteiger partial charge in [-0.15, -0.1) is 0 Å². The lowest BCUT2D eigenvalue weighted by molar-refractivity contribution is 0.1000. The van der Waals surface area contributed by atoms with Crippen LogP contribution in [0.25, 0.3) is 0 Å². The monoisotopic (exact) mass is 272 g/mol. The number of benzene rings is 1. The number of carbonyl (C=O) groups excluding carboxylic acids is 1. The van der Waals surface area contributed by atoms with Gasteiger partial charge in [-0.05, 0) is 44.5 Å². The van der Waals surface area contributed by atoms with Crippen molar-refractivity contribution in [3.05, 3.63) is 65.0 Å². The number of hydrogen-bond donors (Lipinski definition) is 1. The number of aryl methyl sites for hydroxylation is 3. The molecule has 1 aromatic heterocycles. The molecule has 3 heteroatoms. The molecule has 0 aliphatic heterocycles. The van der Waals surface area contributed by atoms with Gasteiger partial charge in [0, 0.05) is 17.5 Å². The molecular formula is C17H24N2O. The number of nitrogens with two attached hydrogens (primary N) is 1. The minimum absolute atomic E-state index is 0.372. The predicted octanol–water partition coefficient (Wildman–Crippen LogP) is 3.82. The van der Waals surface area contributed by atoms with Crippen LogP contribution in [-0.2, 0) is 0 Å². The fraction of sp³-hybridized carbons (Fsp3) is 0.294. The Morgan fingerprint density at radius 2 is 1.65 bits per heavy atom. The third-order valence-electron chi connectivity index (χ3n) is 2.36.